The van der Waals surface area contributed by atoms with Crippen LogP contribution in [-0.2, 0) is 4.79 Å². The Labute approximate surface area is 127 Å². The maximum absolute atomic E-state index is 12.2. The molecular formula is C15H29N3O3. The van der Waals surface area contributed by atoms with Gasteiger partial charge in [0, 0.05) is 19.6 Å². The summed E-state index contributed by atoms with van der Waals surface area (Å²) in [6.07, 6.45) is 5.29. The Balaban J connectivity index is 2.47. The minimum Gasteiger partial charge on any atom is -0.481 e. The normalized spacial score (nSPS) is 22.7. The second-order valence-electron chi connectivity index (χ2n) is 6.22. The molecule has 0 aromatic heterocycles. The molecule has 1 rings (SSSR count). The van der Waals surface area contributed by atoms with Crippen molar-refractivity contribution < 1.29 is 14.7 Å². The largest absolute Gasteiger partial charge is 0.481 e. The van der Waals surface area contributed by atoms with E-state index >= 15 is 0 Å². The molecule has 21 heavy (non-hydrogen) atoms. The summed E-state index contributed by atoms with van der Waals surface area (Å²) in [6.45, 7) is 1.60. The van der Waals surface area contributed by atoms with Gasteiger partial charge in [0.2, 0.25) is 0 Å². The van der Waals surface area contributed by atoms with Gasteiger partial charge in [-0.15, -0.1) is 0 Å². The average Bonchev–Trinajstić information content (AvgIpc) is 2.63. The zero-order valence-electron chi connectivity index (χ0n) is 13.5. The van der Waals surface area contributed by atoms with Gasteiger partial charge in [0.25, 0.3) is 0 Å². The molecule has 0 bridgehead atoms. The predicted octanol–water partition coefficient (Wildman–Crippen LogP) is 1.61. The summed E-state index contributed by atoms with van der Waals surface area (Å²) in [6, 6.07) is -0.402. The minimum atomic E-state index is -0.794. The van der Waals surface area contributed by atoms with E-state index in [-0.39, 0.29) is 12.1 Å². The number of urea groups is 1. The van der Waals surface area contributed by atoms with Crippen molar-refractivity contribution in [2.24, 2.45) is 5.92 Å². The van der Waals surface area contributed by atoms with Gasteiger partial charge in [-0.2, -0.15) is 0 Å². The molecule has 6 heteroatoms. The highest BCUT2D eigenvalue weighted by Gasteiger charge is 2.31. The van der Waals surface area contributed by atoms with E-state index in [1.54, 1.807) is 11.9 Å². The summed E-state index contributed by atoms with van der Waals surface area (Å²) in [7, 11) is 5.77. The number of hydrogen-bond donors (Lipinski definition) is 2. The van der Waals surface area contributed by atoms with Crippen molar-refractivity contribution >= 4 is 12.0 Å². The van der Waals surface area contributed by atoms with E-state index in [0.717, 1.165) is 38.6 Å². The molecule has 1 fully saturated rings. The third kappa shape index (κ3) is 6.33. The van der Waals surface area contributed by atoms with Crippen LogP contribution < -0.4 is 5.32 Å². The van der Waals surface area contributed by atoms with Crippen molar-refractivity contribution in [2.45, 2.75) is 44.6 Å². The van der Waals surface area contributed by atoms with Crippen LogP contribution in [0.1, 0.15) is 38.5 Å². The van der Waals surface area contributed by atoms with E-state index < -0.39 is 11.9 Å². The predicted molar refractivity (Wildman–Crippen MR) is 82.3 cm³/mol. The van der Waals surface area contributed by atoms with Gasteiger partial charge < -0.3 is 20.2 Å². The van der Waals surface area contributed by atoms with Gasteiger partial charge in [0.1, 0.15) is 0 Å². The number of carboxylic acids is 1. The smallest absolute Gasteiger partial charge is 0.317 e. The SMILES string of the molecule is CN(C)CCCN(C)C(=O)NC1CCCCCC1C(=O)O. The maximum Gasteiger partial charge on any atom is 0.317 e. The van der Waals surface area contributed by atoms with Crippen LogP contribution in [0.4, 0.5) is 4.79 Å². The van der Waals surface area contributed by atoms with Crippen LogP contribution in [0.15, 0.2) is 0 Å². The van der Waals surface area contributed by atoms with E-state index in [4.69, 9.17) is 0 Å². The molecule has 0 aromatic carbocycles. The molecule has 0 radical (unpaired) electrons. The number of nitrogens with one attached hydrogen (secondary N) is 1. The lowest BCUT2D eigenvalue weighted by Gasteiger charge is -2.26. The lowest BCUT2D eigenvalue weighted by Crippen LogP contribution is -2.48. The monoisotopic (exact) mass is 299 g/mol. The molecule has 2 amide bonds. The average molecular weight is 299 g/mol. The van der Waals surface area contributed by atoms with E-state index in [1.165, 1.54) is 0 Å². The standard InChI is InChI=1S/C15H29N3O3/c1-17(2)10-7-11-18(3)15(21)16-13-9-6-4-5-8-12(13)14(19)20/h12-13H,4-11H2,1-3H3,(H,16,21)(H,19,20). The fraction of sp³-hybridized carbons (Fsp3) is 0.867. The van der Waals surface area contributed by atoms with Crippen LogP contribution in [0.3, 0.4) is 0 Å². The fourth-order valence-corrected chi connectivity index (χ4v) is 2.77. The molecule has 2 N–H and O–H groups in total. The van der Waals surface area contributed by atoms with Gasteiger partial charge in [-0.05, 0) is 39.9 Å². The molecule has 2 atom stereocenters. The van der Waals surface area contributed by atoms with E-state index in [0.29, 0.717) is 13.0 Å². The Hall–Kier alpha value is -1.30. The van der Waals surface area contributed by atoms with Crippen LogP contribution in [0.25, 0.3) is 0 Å². The van der Waals surface area contributed by atoms with Gasteiger partial charge in [-0.1, -0.05) is 19.3 Å². The zero-order valence-corrected chi connectivity index (χ0v) is 13.5. The Kier molecular flexibility index (Phi) is 7.50. The van der Waals surface area contributed by atoms with E-state index in [2.05, 4.69) is 10.2 Å². The number of amides is 2. The van der Waals surface area contributed by atoms with Crippen LogP contribution >= 0.6 is 0 Å². The van der Waals surface area contributed by atoms with Crippen molar-refractivity contribution in [3.63, 3.8) is 0 Å². The summed E-state index contributed by atoms with van der Waals surface area (Å²) in [5.74, 6) is -1.25. The first kappa shape index (κ1) is 17.8. The van der Waals surface area contributed by atoms with Crippen molar-refractivity contribution in [1.82, 2.24) is 15.1 Å². The first-order valence-corrected chi connectivity index (χ1v) is 7.81. The lowest BCUT2D eigenvalue weighted by molar-refractivity contribution is -0.142. The molecular weight excluding hydrogens is 270 g/mol. The van der Waals surface area contributed by atoms with Gasteiger partial charge in [-0.3, -0.25) is 4.79 Å². The quantitative estimate of drug-likeness (QED) is 0.731. The number of rotatable bonds is 6. The highest BCUT2D eigenvalue weighted by molar-refractivity contribution is 5.76. The maximum atomic E-state index is 12.2. The molecule has 0 spiro atoms. The van der Waals surface area contributed by atoms with Gasteiger partial charge in [-0.25, -0.2) is 4.79 Å². The molecule has 2 unspecified atom stereocenters. The number of carboxylic acid groups (broad SMARTS) is 1. The molecule has 0 aliphatic heterocycles. The van der Waals surface area contributed by atoms with Crippen molar-refractivity contribution in [3.05, 3.63) is 0 Å². The molecule has 1 aliphatic carbocycles. The number of hydrogen-bond acceptors (Lipinski definition) is 3. The fourth-order valence-electron chi connectivity index (χ4n) is 2.77. The van der Waals surface area contributed by atoms with Gasteiger partial charge in [0.15, 0.2) is 0 Å². The second kappa shape index (κ2) is 8.87. The topological polar surface area (TPSA) is 72.9 Å². The first-order valence-electron chi connectivity index (χ1n) is 7.81. The van der Waals surface area contributed by atoms with Crippen molar-refractivity contribution in [3.8, 4) is 0 Å². The number of carbonyl (C=O) groups is 2. The Morgan fingerprint density at radius 3 is 2.38 bits per heavy atom. The first-order chi connectivity index (χ1) is 9.91. The summed E-state index contributed by atoms with van der Waals surface area (Å²) in [5, 5.41) is 12.2. The number of carbonyl (C=O) groups excluding carboxylic acids is 1. The summed E-state index contributed by atoms with van der Waals surface area (Å²) in [5.41, 5.74) is 0. The van der Waals surface area contributed by atoms with Crippen LogP contribution in [0, 0.1) is 5.92 Å². The van der Waals surface area contributed by atoms with E-state index in [1.807, 2.05) is 14.1 Å². The van der Waals surface area contributed by atoms with Crippen LogP contribution in [0.5, 0.6) is 0 Å². The second-order valence-corrected chi connectivity index (χ2v) is 6.22. The van der Waals surface area contributed by atoms with Crippen molar-refractivity contribution in [1.29, 1.82) is 0 Å². The molecule has 0 saturated heterocycles. The van der Waals surface area contributed by atoms with Gasteiger partial charge >= 0.3 is 12.0 Å². The van der Waals surface area contributed by atoms with Crippen molar-refractivity contribution in [2.75, 3.05) is 34.2 Å². The summed E-state index contributed by atoms with van der Waals surface area (Å²) < 4.78 is 0. The third-order valence-corrected chi connectivity index (χ3v) is 4.09. The molecule has 0 aromatic rings. The third-order valence-electron chi connectivity index (χ3n) is 4.09. The molecule has 6 nitrogen and oxygen atoms in total. The Morgan fingerprint density at radius 1 is 1.10 bits per heavy atom. The highest BCUT2D eigenvalue weighted by atomic mass is 16.4. The molecule has 122 valence electrons. The summed E-state index contributed by atoms with van der Waals surface area (Å²) >= 11 is 0. The van der Waals surface area contributed by atoms with Crippen LogP contribution in [0.2, 0.25) is 0 Å². The number of aliphatic carboxylic acids is 1. The Morgan fingerprint density at radius 2 is 1.76 bits per heavy atom. The highest BCUT2D eigenvalue weighted by Crippen LogP contribution is 2.24. The lowest BCUT2D eigenvalue weighted by atomic mass is 9.95. The molecule has 0 heterocycles. The zero-order chi connectivity index (χ0) is 15.8. The minimum absolute atomic E-state index is 0.160. The molecule has 1 saturated carbocycles. The summed E-state index contributed by atoms with van der Waals surface area (Å²) in [4.78, 5) is 27.2. The van der Waals surface area contributed by atoms with E-state index in [9.17, 15) is 14.7 Å². The van der Waals surface area contributed by atoms with Gasteiger partial charge in [0.05, 0.1) is 5.92 Å². The Bertz CT molecular complexity index is 347. The van der Waals surface area contributed by atoms with Crippen LogP contribution in [-0.4, -0.2) is 67.2 Å². The molecule has 1 aliphatic rings. The number of nitrogens with zero attached hydrogens (tertiary/aromatic N) is 2.